The van der Waals surface area contributed by atoms with Crippen molar-refractivity contribution >= 4 is 17.7 Å². The molecule has 2 N–H and O–H groups in total. The first-order valence-electron chi connectivity index (χ1n) is 6.24. The largest absolute Gasteiger partial charge is 0.355 e. The molecule has 3 nitrogen and oxygen atoms in total. The fraction of sp³-hybridized carbons (Fsp3) is 0.917. The Hall–Kier alpha value is -0.220. The molecular formula is C12H24N2OS. The molecule has 4 heteroatoms. The lowest BCUT2D eigenvalue weighted by molar-refractivity contribution is -0.122. The molecule has 1 fully saturated rings. The maximum absolute atomic E-state index is 11.6. The van der Waals surface area contributed by atoms with Crippen molar-refractivity contribution in [3.8, 4) is 0 Å². The number of nitrogens with one attached hydrogen (secondary N) is 2. The fourth-order valence-corrected chi connectivity index (χ4v) is 3.09. The average Bonchev–Trinajstić information content (AvgIpc) is 2.29. The van der Waals surface area contributed by atoms with Gasteiger partial charge >= 0.3 is 0 Å². The molecule has 0 saturated heterocycles. The second kappa shape index (κ2) is 7.17. The molecule has 0 spiro atoms. The van der Waals surface area contributed by atoms with E-state index in [1.165, 1.54) is 25.7 Å². The monoisotopic (exact) mass is 244 g/mol. The summed E-state index contributed by atoms with van der Waals surface area (Å²) in [6, 6.07) is 0.453. The highest BCUT2D eigenvalue weighted by molar-refractivity contribution is 7.99. The van der Waals surface area contributed by atoms with Crippen molar-refractivity contribution in [1.29, 1.82) is 0 Å². The first-order valence-corrected chi connectivity index (χ1v) is 7.52. The Balaban J connectivity index is 2.32. The minimum absolute atomic E-state index is 0.0643. The second-order valence-corrected chi connectivity index (χ2v) is 5.64. The van der Waals surface area contributed by atoms with Crippen LogP contribution in [0.3, 0.4) is 0 Å². The van der Waals surface area contributed by atoms with Crippen LogP contribution in [0, 0.1) is 0 Å². The Bertz CT molecular complexity index is 223. The van der Waals surface area contributed by atoms with E-state index in [9.17, 15) is 4.79 Å². The van der Waals surface area contributed by atoms with Crippen LogP contribution in [0.15, 0.2) is 0 Å². The van der Waals surface area contributed by atoms with E-state index in [1.54, 1.807) is 0 Å². The topological polar surface area (TPSA) is 41.1 Å². The summed E-state index contributed by atoms with van der Waals surface area (Å²) in [4.78, 5) is 11.6. The molecule has 0 aliphatic heterocycles. The first kappa shape index (κ1) is 13.8. The summed E-state index contributed by atoms with van der Waals surface area (Å²) < 4.78 is 0. The number of rotatable bonds is 5. The number of hydrogen-bond donors (Lipinski definition) is 2. The molecule has 0 radical (unpaired) electrons. The third-order valence-corrected chi connectivity index (χ3v) is 4.28. The van der Waals surface area contributed by atoms with E-state index >= 15 is 0 Å². The molecule has 1 saturated carbocycles. The highest BCUT2D eigenvalue weighted by atomic mass is 32.2. The molecule has 3 atom stereocenters. The van der Waals surface area contributed by atoms with Crippen LogP contribution in [0.5, 0.6) is 0 Å². The molecule has 1 rings (SSSR count). The van der Waals surface area contributed by atoms with Gasteiger partial charge in [0.2, 0.25) is 5.91 Å². The number of amides is 1. The van der Waals surface area contributed by atoms with E-state index in [1.807, 2.05) is 25.6 Å². The van der Waals surface area contributed by atoms with Crippen LogP contribution in [0.2, 0.25) is 0 Å². The molecule has 0 aromatic heterocycles. The lowest BCUT2D eigenvalue weighted by Crippen LogP contribution is -2.48. The van der Waals surface area contributed by atoms with E-state index in [2.05, 4.69) is 16.9 Å². The van der Waals surface area contributed by atoms with Crippen LogP contribution in [0.1, 0.15) is 39.5 Å². The highest BCUT2D eigenvalue weighted by Crippen LogP contribution is 2.27. The standard InChI is InChI=1S/C12H24N2OS/c1-4-13-12(15)9(2)14-10-6-5-7-11(8-10)16-3/h9-11,14H,4-8H2,1-3H3,(H,13,15). The Kier molecular flexibility index (Phi) is 6.21. The lowest BCUT2D eigenvalue weighted by Gasteiger charge is -2.30. The van der Waals surface area contributed by atoms with Crippen LogP contribution < -0.4 is 10.6 Å². The van der Waals surface area contributed by atoms with E-state index in [0.717, 1.165) is 5.25 Å². The number of hydrogen-bond acceptors (Lipinski definition) is 3. The first-order chi connectivity index (χ1) is 7.67. The number of carbonyl (C=O) groups is 1. The summed E-state index contributed by atoms with van der Waals surface area (Å²) in [7, 11) is 0. The van der Waals surface area contributed by atoms with Crippen molar-refractivity contribution in [1.82, 2.24) is 10.6 Å². The smallest absolute Gasteiger partial charge is 0.236 e. The van der Waals surface area contributed by atoms with Crippen molar-refractivity contribution in [3.63, 3.8) is 0 Å². The van der Waals surface area contributed by atoms with Gasteiger partial charge in [-0.1, -0.05) is 6.42 Å². The van der Waals surface area contributed by atoms with Crippen molar-refractivity contribution in [2.24, 2.45) is 0 Å². The van der Waals surface area contributed by atoms with Crippen LogP contribution in [0.4, 0.5) is 0 Å². The van der Waals surface area contributed by atoms with Crippen molar-refractivity contribution in [2.75, 3.05) is 12.8 Å². The maximum Gasteiger partial charge on any atom is 0.236 e. The summed E-state index contributed by atoms with van der Waals surface area (Å²) in [6.07, 6.45) is 7.20. The SMILES string of the molecule is CCNC(=O)C(C)NC1CCCC(SC)C1. The lowest BCUT2D eigenvalue weighted by atomic mass is 9.94. The molecule has 3 unspecified atom stereocenters. The normalized spacial score (nSPS) is 27.4. The molecule has 0 bridgehead atoms. The summed E-state index contributed by atoms with van der Waals surface area (Å²) in [5.41, 5.74) is 0. The Morgan fingerprint density at radius 2 is 2.25 bits per heavy atom. The Morgan fingerprint density at radius 1 is 1.50 bits per heavy atom. The van der Waals surface area contributed by atoms with E-state index in [0.29, 0.717) is 12.6 Å². The Morgan fingerprint density at radius 3 is 2.88 bits per heavy atom. The zero-order chi connectivity index (χ0) is 12.0. The van der Waals surface area contributed by atoms with Gasteiger partial charge in [0.05, 0.1) is 6.04 Å². The van der Waals surface area contributed by atoms with Gasteiger partial charge in [-0.3, -0.25) is 4.79 Å². The zero-order valence-electron chi connectivity index (χ0n) is 10.6. The van der Waals surface area contributed by atoms with Gasteiger partial charge in [-0.05, 0) is 39.4 Å². The molecule has 0 aromatic rings. The van der Waals surface area contributed by atoms with E-state index < -0.39 is 0 Å². The third-order valence-electron chi connectivity index (χ3n) is 3.19. The summed E-state index contributed by atoms with van der Waals surface area (Å²) >= 11 is 1.95. The van der Waals surface area contributed by atoms with E-state index in [4.69, 9.17) is 0 Å². The Labute approximate surface area is 103 Å². The van der Waals surface area contributed by atoms with E-state index in [-0.39, 0.29) is 11.9 Å². The molecule has 94 valence electrons. The number of carbonyl (C=O) groups excluding carboxylic acids is 1. The predicted molar refractivity (Wildman–Crippen MR) is 70.8 cm³/mol. The minimum atomic E-state index is -0.0643. The van der Waals surface area contributed by atoms with Crippen LogP contribution in [-0.4, -0.2) is 36.0 Å². The van der Waals surface area contributed by atoms with Crippen LogP contribution in [-0.2, 0) is 4.79 Å². The van der Waals surface area contributed by atoms with Crippen LogP contribution >= 0.6 is 11.8 Å². The molecule has 16 heavy (non-hydrogen) atoms. The fourth-order valence-electron chi connectivity index (χ4n) is 2.27. The summed E-state index contributed by atoms with van der Waals surface area (Å²) in [6.45, 7) is 4.62. The molecular weight excluding hydrogens is 220 g/mol. The highest BCUT2D eigenvalue weighted by Gasteiger charge is 2.23. The van der Waals surface area contributed by atoms with Gasteiger partial charge < -0.3 is 10.6 Å². The number of likely N-dealkylation sites (N-methyl/N-ethyl adjacent to an activating group) is 1. The van der Waals surface area contributed by atoms with Crippen molar-refractivity contribution in [2.45, 2.75) is 56.9 Å². The molecule has 0 heterocycles. The van der Waals surface area contributed by atoms with Crippen molar-refractivity contribution < 1.29 is 4.79 Å². The number of thioether (sulfide) groups is 1. The summed E-state index contributed by atoms with van der Waals surface area (Å²) in [5.74, 6) is 0.119. The zero-order valence-corrected chi connectivity index (χ0v) is 11.4. The average molecular weight is 244 g/mol. The summed E-state index contributed by atoms with van der Waals surface area (Å²) in [5, 5.41) is 7.07. The molecule has 1 aliphatic carbocycles. The molecule has 1 amide bonds. The predicted octanol–water partition coefficient (Wildman–Crippen LogP) is 1.77. The van der Waals surface area contributed by atoms with Gasteiger partial charge in [0.25, 0.3) is 0 Å². The van der Waals surface area contributed by atoms with Gasteiger partial charge in [0, 0.05) is 17.8 Å². The van der Waals surface area contributed by atoms with Gasteiger partial charge in [-0.25, -0.2) is 0 Å². The molecule has 1 aliphatic rings. The minimum Gasteiger partial charge on any atom is -0.355 e. The van der Waals surface area contributed by atoms with Gasteiger partial charge in [-0.15, -0.1) is 0 Å². The van der Waals surface area contributed by atoms with Gasteiger partial charge in [0.15, 0.2) is 0 Å². The second-order valence-electron chi connectivity index (χ2n) is 4.50. The maximum atomic E-state index is 11.6. The van der Waals surface area contributed by atoms with Gasteiger partial charge in [0.1, 0.15) is 0 Å². The van der Waals surface area contributed by atoms with Crippen LogP contribution in [0.25, 0.3) is 0 Å². The molecule has 0 aromatic carbocycles. The van der Waals surface area contributed by atoms with Crippen molar-refractivity contribution in [3.05, 3.63) is 0 Å². The third kappa shape index (κ3) is 4.34. The quantitative estimate of drug-likeness (QED) is 0.774. The van der Waals surface area contributed by atoms with Gasteiger partial charge in [-0.2, -0.15) is 11.8 Å².